The van der Waals surface area contributed by atoms with Crippen molar-refractivity contribution in [2.45, 2.75) is 26.1 Å². The smallest absolute Gasteiger partial charge is 0.227 e. The molecule has 1 unspecified atom stereocenters. The van der Waals surface area contributed by atoms with Gasteiger partial charge in [0.1, 0.15) is 18.1 Å². The molecule has 8 heteroatoms. The fourth-order valence-electron chi connectivity index (χ4n) is 3.82. The molecule has 1 atom stereocenters. The van der Waals surface area contributed by atoms with E-state index in [1.54, 1.807) is 23.1 Å². The van der Waals surface area contributed by atoms with E-state index in [2.05, 4.69) is 10.8 Å². The second kappa shape index (κ2) is 12.4. The molecule has 1 N–H and O–H groups in total. The molecule has 0 amide bonds. The van der Waals surface area contributed by atoms with E-state index in [0.29, 0.717) is 36.3 Å². The first-order valence-corrected chi connectivity index (χ1v) is 11.9. The van der Waals surface area contributed by atoms with E-state index in [4.69, 9.17) is 37.0 Å². The fourth-order valence-corrected chi connectivity index (χ4v) is 3.95. The highest BCUT2D eigenvalue weighted by Crippen LogP contribution is 2.32. The van der Waals surface area contributed by atoms with Crippen LogP contribution in [0.25, 0.3) is 5.69 Å². The molecule has 0 aliphatic rings. The molecule has 36 heavy (non-hydrogen) atoms. The summed E-state index contributed by atoms with van der Waals surface area (Å²) in [5.74, 6) is 4.42. The van der Waals surface area contributed by atoms with E-state index in [-0.39, 0.29) is 13.2 Å². The van der Waals surface area contributed by atoms with Crippen LogP contribution in [0.3, 0.4) is 0 Å². The van der Waals surface area contributed by atoms with Crippen LogP contribution in [0.4, 0.5) is 0 Å². The standard InChI is InChI=1S/C28H28ClN3O4/c1-3-15-34-20-24(33)17-31(18-26-10-7-16-35-26)19-27-21(2)30-32(23-8-5-4-6-9-23)28(27)36-25-13-11-22(29)12-14-25/h1,4-14,16,24,33H,15,17-20H2,2H3. The van der Waals surface area contributed by atoms with E-state index in [1.165, 1.54) is 0 Å². The number of terminal acetylenes is 1. The summed E-state index contributed by atoms with van der Waals surface area (Å²) >= 11 is 6.07. The summed E-state index contributed by atoms with van der Waals surface area (Å²) in [6.07, 6.45) is 6.15. The monoisotopic (exact) mass is 505 g/mol. The third-order valence-corrected chi connectivity index (χ3v) is 5.72. The average molecular weight is 506 g/mol. The van der Waals surface area contributed by atoms with Crippen molar-refractivity contribution >= 4 is 11.6 Å². The minimum Gasteiger partial charge on any atom is -0.468 e. The highest BCUT2D eigenvalue weighted by atomic mass is 35.5. The maximum atomic E-state index is 10.6. The van der Waals surface area contributed by atoms with Gasteiger partial charge >= 0.3 is 0 Å². The van der Waals surface area contributed by atoms with Gasteiger partial charge in [0.25, 0.3) is 0 Å². The minimum atomic E-state index is -0.738. The van der Waals surface area contributed by atoms with E-state index >= 15 is 0 Å². The Balaban J connectivity index is 1.66. The molecule has 0 saturated carbocycles. The van der Waals surface area contributed by atoms with Crippen molar-refractivity contribution in [2.24, 2.45) is 0 Å². The number of benzene rings is 2. The van der Waals surface area contributed by atoms with Crippen LogP contribution in [0, 0.1) is 19.3 Å². The van der Waals surface area contributed by atoms with Crippen molar-refractivity contribution in [1.29, 1.82) is 0 Å². The molecule has 0 saturated heterocycles. The molecule has 0 bridgehead atoms. The summed E-state index contributed by atoms with van der Waals surface area (Å²) in [4.78, 5) is 2.07. The highest BCUT2D eigenvalue weighted by Gasteiger charge is 2.23. The van der Waals surface area contributed by atoms with Gasteiger partial charge in [-0.15, -0.1) is 6.42 Å². The van der Waals surface area contributed by atoms with Crippen molar-refractivity contribution in [3.8, 4) is 29.7 Å². The van der Waals surface area contributed by atoms with Gasteiger partial charge in [0.15, 0.2) is 0 Å². The molecule has 4 aromatic rings. The van der Waals surface area contributed by atoms with Crippen LogP contribution >= 0.6 is 11.6 Å². The quantitative estimate of drug-likeness (QED) is 0.210. The molecule has 4 rings (SSSR count). The van der Waals surface area contributed by atoms with Crippen molar-refractivity contribution in [2.75, 3.05) is 19.8 Å². The normalized spacial score (nSPS) is 12.0. The predicted octanol–water partition coefficient (Wildman–Crippen LogP) is 5.23. The van der Waals surface area contributed by atoms with Gasteiger partial charge < -0.3 is 19.0 Å². The van der Waals surface area contributed by atoms with Crippen LogP contribution in [0.15, 0.2) is 77.4 Å². The Morgan fingerprint density at radius 2 is 1.89 bits per heavy atom. The molecule has 0 spiro atoms. The number of aromatic nitrogens is 2. The summed E-state index contributed by atoms with van der Waals surface area (Å²) in [5, 5.41) is 16.0. The zero-order chi connectivity index (χ0) is 25.3. The minimum absolute atomic E-state index is 0.134. The fraction of sp³-hybridized carbons (Fsp3) is 0.250. The number of hydrogen-bond acceptors (Lipinski definition) is 6. The van der Waals surface area contributed by atoms with Crippen molar-refractivity contribution in [3.05, 3.63) is 95.0 Å². The van der Waals surface area contributed by atoms with Gasteiger partial charge in [-0.2, -0.15) is 5.10 Å². The summed E-state index contributed by atoms with van der Waals surface area (Å²) in [7, 11) is 0. The zero-order valence-corrected chi connectivity index (χ0v) is 20.8. The molecule has 7 nitrogen and oxygen atoms in total. The first kappa shape index (κ1) is 25.5. The summed E-state index contributed by atoms with van der Waals surface area (Å²) in [6, 6.07) is 20.7. The maximum Gasteiger partial charge on any atom is 0.227 e. The van der Waals surface area contributed by atoms with Gasteiger partial charge in [0, 0.05) is 18.1 Å². The van der Waals surface area contributed by atoms with E-state index in [1.807, 2.05) is 61.5 Å². The lowest BCUT2D eigenvalue weighted by atomic mass is 10.2. The summed E-state index contributed by atoms with van der Waals surface area (Å²) in [6.45, 7) is 3.50. The first-order valence-electron chi connectivity index (χ1n) is 11.5. The molecule has 2 aromatic heterocycles. The SMILES string of the molecule is C#CCOCC(O)CN(Cc1ccco1)Cc1c(C)nn(-c2ccccc2)c1Oc1ccc(Cl)cc1. The Morgan fingerprint density at radius 1 is 1.11 bits per heavy atom. The molecule has 2 heterocycles. The van der Waals surface area contributed by atoms with Gasteiger partial charge in [-0.05, 0) is 55.5 Å². The Kier molecular flexibility index (Phi) is 8.82. The van der Waals surface area contributed by atoms with Crippen LogP contribution in [-0.4, -0.2) is 45.6 Å². The predicted molar refractivity (Wildman–Crippen MR) is 138 cm³/mol. The molecule has 2 aromatic carbocycles. The lowest BCUT2D eigenvalue weighted by molar-refractivity contribution is 0.0228. The molecule has 0 aliphatic carbocycles. The number of rotatable bonds is 12. The van der Waals surface area contributed by atoms with Crippen LogP contribution < -0.4 is 4.74 Å². The average Bonchev–Trinajstić information content (AvgIpc) is 3.49. The Bertz CT molecular complexity index is 1260. The molecule has 0 aliphatic heterocycles. The molecular weight excluding hydrogens is 478 g/mol. The number of para-hydroxylation sites is 1. The Labute approximate surface area is 215 Å². The van der Waals surface area contributed by atoms with Gasteiger partial charge in [-0.3, -0.25) is 4.90 Å². The van der Waals surface area contributed by atoms with Crippen molar-refractivity contribution < 1.29 is 19.0 Å². The van der Waals surface area contributed by atoms with Gasteiger partial charge in [-0.25, -0.2) is 4.68 Å². The highest BCUT2D eigenvalue weighted by molar-refractivity contribution is 6.30. The van der Waals surface area contributed by atoms with E-state index in [0.717, 1.165) is 22.7 Å². The molecular formula is C28H28ClN3O4. The largest absolute Gasteiger partial charge is 0.468 e. The molecule has 0 radical (unpaired) electrons. The molecule has 186 valence electrons. The van der Waals surface area contributed by atoms with Crippen LogP contribution in [0.2, 0.25) is 5.02 Å². The van der Waals surface area contributed by atoms with E-state index in [9.17, 15) is 5.11 Å². The lowest BCUT2D eigenvalue weighted by Gasteiger charge is -2.24. The Hall–Kier alpha value is -3.54. The van der Waals surface area contributed by atoms with E-state index < -0.39 is 6.10 Å². The van der Waals surface area contributed by atoms with Crippen LogP contribution in [0.5, 0.6) is 11.6 Å². The number of aliphatic hydroxyl groups excluding tert-OH is 1. The lowest BCUT2D eigenvalue weighted by Crippen LogP contribution is -2.34. The van der Waals surface area contributed by atoms with Gasteiger partial charge in [0.05, 0.1) is 42.5 Å². The summed E-state index contributed by atoms with van der Waals surface area (Å²) < 4.78 is 19.1. The number of hydrogen-bond donors (Lipinski definition) is 1. The number of aliphatic hydroxyl groups is 1. The topological polar surface area (TPSA) is 72.9 Å². The van der Waals surface area contributed by atoms with Crippen LogP contribution in [0.1, 0.15) is 17.0 Å². The first-order chi connectivity index (χ1) is 17.5. The summed E-state index contributed by atoms with van der Waals surface area (Å²) in [5.41, 5.74) is 2.57. The third-order valence-electron chi connectivity index (χ3n) is 5.47. The maximum absolute atomic E-state index is 10.6. The second-order valence-electron chi connectivity index (χ2n) is 8.29. The number of nitrogens with zero attached hydrogens (tertiary/aromatic N) is 3. The van der Waals surface area contributed by atoms with Crippen LogP contribution in [-0.2, 0) is 17.8 Å². The second-order valence-corrected chi connectivity index (χ2v) is 8.73. The third kappa shape index (κ3) is 6.78. The van der Waals surface area contributed by atoms with Gasteiger partial charge in [-0.1, -0.05) is 35.7 Å². The van der Waals surface area contributed by atoms with Gasteiger partial charge in [0.2, 0.25) is 5.88 Å². The van der Waals surface area contributed by atoms with Crippen molar-refractivity contribution in [1.82, 2.24) is 14.7 Å². The zero-order valence-electron chi connectivity index (χ0n) is 20.0. The van der Waals surface area contributed by atoms with Crippen molar-refractivity contribution in [3.63, 3.8) is 0 Å². The number of halogens is 1. The molecule has 0 fully saturated rings. The Morgan fingerprint density at radius 3 is 2.58 bits per heavy atom. The number of aryl methyl sites for hydroxylation is 1. The number of ether oxygens (including phenoxy) is 2. The number of furan rings is 1.